The summed E-state index contributed by atoms with van der Waals surface area (Å²) >= 11 is 0. The van der Waals surface area contributed by atoms with Crippen LogP contribution in [0, 0.1) is 17.8 Å². The van der Waals surface area contributed by atoms with E-state index in [-0.39, 0.29) is 147 Å². The average molecular weight is 1200 g/mol. The minimum atomic E-state index is -1.45. The first-order valence-corrected chi connectivity index (χ1v) is 29.1. The van der Waals surface area contributed by atoms with E-state index in [4.69, 9.17) is 47.4 Å². The number of amides is 5. The molecule has 3 aliphatic heterocycles. The second kappa shape index (κ2) is 40.9. The predicted molar refractivity (Wildman–Crippen MR) is 291 cm³/mol. The minimum Gasteiger partial charge on any atom is -0.394 e. The standard InChI is InChI=1S/C54H99N5O24/c1-33(2)77-20-7-16-55-40(63)11-6-12-44(67)59-54(30-74-24-13-41(64)56-17-8-21-78-51-34(3)45(68)48(71)37(27-60)81-51,31-75-25-14-42(65)57-18-9-22-79-52-35(4)46(69)49(72)38(28-61)82-52)32-76-26-15-43(66)58-19-10-23-80-53-36(5)47(70)50(73)39(29-62)83-53/h33-39,45-53,60-62,68-73H,6-32H2,1-5H3,(H,55,63)(H,56,64)(H,57,65)(H,58,66)(H,59,67)/t34?,35?,36?,37?,38?,39?,45-,46-,47-,48?,49?,50?,51-,52-,53-,54?/m1/s1. The number of carbonyl (C=O) groups excluding carboxylic acids is 5. The predicted octanol–water partition coefficient (Wildman–Crippen LogP) is -4.04. The molecule has 3 rings (SSSR count). The molecule has 0 bridgehead atoms. The number of carbonyl (C=O) groups is 5. The van der Waals surface area contributed by atoms with Gasteiger partial charge in [-0.15, -0.1) is 0 Å². The van der Waals surface area contributed by atoms with Gasteiger partial charge < -0.3 is 120 Å². The summed E-state index contributed by atoms with van der Waals surface area (Å²) in [6, 6.07) is 0. The van der Waals surface area contributed by atoms with E-state index in [0.29, 0.717) is 38.8 Å². The molecular formula is C54H99N5O24. The van der Waals surface area contributed by atoms with E-state index in [1.54, 1.807) is 20.8 Å². The second-order valence-electron chi connectivity index (χ2n) is 21.6. The maximum absolute atomic E-state index is 13.7. The first kappa shape index (κ1) is 73.8. The van der Waals surface area contributed by atoms with Crippen molar-refractivity contribution in [1.82, 2.24) is 26.6 Å². The third kappa shape index (κ3) is 27.5. The Balaban J connectivity index is 1.60. The van der Waals surface area contributed by atoms with Crippen molar-refractivity contribution < 1.29 is 117 Å². The molecule has 3 saturated heterocycles. The molecule has 15 atom stereocenters. The molecule has 3 heterocycles. The summed E-state index contributed by atoms with van der Waals surface area (Å²) in [6.45, 7) is 7.97. The molecule has 0 aromatic rings. The molecule has 484 valence electrons. The zero-order valence-electron chi connectivity index (χ0n) is 49.0. The van der Waals surface area contributed by atoms with Crippen molar-refractivity contribution in [2.45, 2.75) is 184 Å². The highest BCUT2D eigenvalue weighted by Crippen LogP contribution is 2.29. The fraction of sp³-hybridized carbons (Fsp3) is 0.907. The molecule has 5 amide bonds. The Morgan fingerprint density at radius 2 is 0.723 bits per heavy atom. The Labute approximate surface area is 486 Å². The van der Waals surface area contributed by atoms with Crippen LogP contribution in [-0.4, -0.2) is 273 Å². The Hall–Kier alpha value is -3.41. The first-order chi connectivity index (χ1) is 39.7. The SMILES string of the molecule is CC(C)OCCCNC(=O)CCCC(=O)NC(COCCC(=O)NCCCO[C@@H]1OC(CO)C(O)[C@H](O)C1C)(COCCC(=O)NCCCO[C@@H]1OC(CO)C(O)[C@H](O)C1C)COCCC(=O)NCCCO[C@@H]1OC(CO)C(O)[C@H](O)C1C. The lowest BCUT2D eigenvalue weighted by molar-refractivity contribution is -0.282. The molecule has 29 nitrogen and oxygen atoms in total. The maximum atomic E-state index is 13.7. The van der Waals surface area contributed by atoms with E-state index >= 15 is 0 Å². The third-order valence-electron chi connectivity index (χ3n) is 14.2. The monoisotopic (exact) mass is 1200 g/mol. The van der Waals surface area contributed by atoms with Gasteiger partial charge in [0.25, 0.3) is 0 Å². The zero-order chi connectivity index (χ0) is 61.3. The van der Waals surface area contributed by atoms with Gasteiger partial charge >= 0.3 is 0 Å². The van der Waals surface area contributed by atoms with Crippen LogP contribution in [-0.2, 0) is 71.3 Å². The van der Waals surface area contributed by atoms with Crippen molar-refractivity contribution in [3.63, 3.8) is 0 Å². The summed E-state index contributed by atoms with van der Waals surface area (Å²) in [6.07, 6.45) is -11.4. The fourth-order valence-corrected chi connectivity index (χ4v) is 9.00. The van der Waals surface area contributed by atoms with Gasteiger partial charge in [-0.1, -0.05) is 20.8 Å². The lowest BCUT2D eigenvalue weighted by atomic mass is 9.92. The smallest absolute Gasteiger partial charge is 0.222 e. The van der Waals surface area contributed by atoms with Crippen molar-refractivity contribution in [1.29, 1.82) is 0 Å². The van der Waals surface area contributed by atoms with Crippen LogP contribution < -0.4 is 26.6 Å². The normalized spacial score (nSPS) is 29.0. The summed E-state index contributed by atoms with van der Waals surface area (Å²) in [5, 5.41) is 104. The van der Waals surface area contributed by atoms with Crippen LogP contribution in [0.5, 0.6) is 0 Å². The van der Waals surface area contributed by atoms with Gasteiger partial charge in [0.1, 0.15) is 42.2 Å². The van der Waals surface area contributed by atoms with Gasteiger partial charge in [-0.3, -0.25) is 24.0 Å². The van der Waals surface area contributed by atoms with E-state index in [2.05, 4.69) is 26.6 Å². The minimum absolute atomic E-state index is 0.0550. The quantitative estimate of drug-likeness (QED) is 0.0259. The average Bonchev–Trinajstić information content (AvgIpc) is 3.67. The van der Waals surface area contributed by atoms with Crippen LogP contribution in [0.4, 0.5) is 0 Å². The molecule has 0 aliphatic carbocycles. The number of hydrogen-bond acceptors (Lipinski definition) is 24. The van der Waals surface area contributed by atoms with Crippen LogP contribution in [0.1, 0.15) is 98.8 Å². The van der Waals surface area contributed by atoms with Crippen molar-refractivity contribution in [2.75, 3.05) is 112 Å². The Kier molecular flexibility index (Phi) is 36.4. The molecule has 0 radical (unpaired) electrons. The summed E-state index contributed by atoms with van der Waals surface area (Å²) in [5.74, 6) is -3.58. The van der Waals surface area contributed by atoms with Gasteiger partial charge in [0, 0.05) is 82.6 Å². The number of aliphatic hydroxyl groups excluding tert-OH is 9. The van der Waals surface area contributed by atoms with Crippen LogP contribution in [0.2, 0.25) is 0 Å². The fourth-order valence-electron chi connectivity index (χ4n) is 9.00. The zero-order valence-corrected chi connectivity index (χ0v) is 49.0. The van der Waals surface area contributed by atoms with Crippen LogP contribution in [0.15, 0.2) is 0 Å². The maximum Gasteiger partial charge on any atom is 0.222 e. The van der Waals surface area contributed by atoms with E-state index in [1.807, 2.05) is 13.8 Å². The number of aliphatic hydroxyl groups is 9. The number of rotatable bonds is 43. The first-order valence-electron chi connectivity index (χ1n) is 29.1. The van der Waals surface area contributed by atoms with Crippen LogP contribution in [0.25, 0.3) is 0 Å². The largest absolute Gasteiger partial charge is 0.394 e. The van der Waals surface area contributed by atoms with Crippen molar-refractivity contribution in [3.05, 3.63) is 0 Å². The summed E-state index contributed by atoms with van der Waals surface area (Å²) in [7, 11) is 0. The summed E-state index contributed by atoms with van der Waals surface area (Å²) < 4.78 is 57.5. The molecule has 14 N–H and O–H groups in total. The highest BCUT2D eigenvalue weighted by Gasteiger charge is 2.45. The van der Waals surface area contributed by atoms with Crippen molar-refractivity contribution in [2.24, 2.45) is 17.8 Å². The van der Waals surface area contributed by atoms with Gasteiger partial charge in [-0.2, -0.15) is 0 Å². The molecule has 0 spiro atoms. The summed E-state index contributed by atoms with van der Waals surface area (Å²) in [5.41, 5.74) is -1.45. The molecule has 29 heteroatoms. The van der Waals surface area contributed by atoms with Gasteiger partial charge in [-0.05, 0) is 46.0 Å². The van der Waals surface area contributed by atoms with E-state index in [9.17, 15) is 69.9 Å². The van der Waals surface area contributed by atoms with Gasteiger partial charge in [0.15, 0.2) is 18.9 Å². The molecular weight excluding hydrogens is 1100 g/mol. The molecule has 3 fully saturated rings. The molecule has 0 aromatic carbocycles. The van der Waals surface area contributed by atoms with E-state index in [0.717, 1.165) is 0 Å². The van der Waals surface area contributed by atoms with E-state index in [1.165, 1.54) is 0 Å². The number of hydrogen-bond donors (Lipinski definition) is 14. The van der Waals surface area contributed by atoms with Crippen molar-refractivity contribution >= 4 is 29.5 Å². The van der Waals surface area contributed by atoms with Crippen molar-refractivity contribution in [3.8, 4) is 0 Å². The molecule has 83 heavy (non-hydrogen) atoms. The van der Waals surface area contributed by atoms with Crippen LogP contribution in [0.3, 0.4) is 0 Å². The lowest BCUT2D eigenvalue weighted by Gasteiger charge is -2.40. The van der Waals surface area contributed by atoms with Crippen LogP contribution >= 0.6 is 0 Å². The van der Waals surface area contributed by atoms with Gasteiger partial charge in [0.2, 0.25) is 29.5 Å². The highest BCUT2D eigenvalue weighted by atomic mass is 16.7. The molecule has 0 aromatic heterocycles. The van der Waals surface area contributed by atoms with Gasteiger partial charge in [0.05, 0.1) is 104 Å². The number of ether oxygens (including phenoxy) is 10. The lowest BCUT2D eigenvalue weighted by Crippen LogP contribution is -2.58. The Morgan fingerprint density at radius 1 is 0.422 bits per heavy atom. The molecule has 3 aliphatic rings. The van der Waals surface area contributed by atoms with Gasteiger partial charge in [-0.25, -0.2) is 0 Å². The van der Waals surface area contributed by atoms with E-state index < -0.39 is 123 Å². The summed E-state index contributed by atoms with van der Waals surface area (Å²) in [4.78, 5) is 65.0. The molecule has 9 unspecified atom stereocenters. The Bertz CT molecular complexity index is 1670. The highest BCUT2D eigenvalue weighted by molar-refractivity contribution is 5.79. The molecule has 0 saturated carbocycles. The second-order valence-corrected chi connectivity index (χ2v) is 21.6. The number of nitrogens with one attached hydrogen (secondary N) is 5. The Morgan fingerprint density at radius 3 is 1.04 bits per heavy atom. The topological polar surface area (TPSA) is 420 Å². The third-order valence-corrected chi connectivity index (χ3v) is 14.2.